The van der Waals surface area contributed by atoms with Gasteiger partial charge in [-0.2, -0.15) is 0 Å². The molecule has 0 aliphatic heterocycles. The standard InChI is InChI=1S/C23H29N3O4/c1-15(2)23(27)26(14-17-8-7-11-30-17)13-16-12-18-19(28-5)9-10-20(29-6)21(18)24-22(16)25(3)4/h7-12,15H,13-14H2,1-6H3. The number of rotatable bonds is 8. The summed E-state index contributed by atoms with van der Waals surface area (Å²) in [6, 6.07) is 9.44. The lowest BCUT2D eigenvalue weighted by atomic mass is 10.1. The summed E-state index contributed by atoms with van der Waals surface area (Å²) in [5.74, 6) is 2.81. The zero-order valence-electron chi connectivity index (χ0n) is 18.4. The van der Waals surface area contributed by atoms with E-state index in [1.54, 1.807) is 25.4 Å². The van der Waals surface area contributed by atoms with E-state index in [2.05, 4.69) is 0 Å². The third-order valence-electron chi connectivity index (χ3n) is 4.92. The third kappa shape index (κ3) is 4.35. The highest BCUT2D eigenvalue weighted by molar-refractivity contribution is 5.92. The lowest BCUT2D eigenvalue weighted by Crippen LogP contribution is -2.33. The second kappa shape index (κ2) is 9.07. The first-order valence-electron chi connectivity index (χ1n) is 9.88. The van der Waals surface area contributed by atoms with Gasteiger partial charge in [0.2, 0.25) is 5.91 Å². The second-order valence-electron chi connectivity index (χ2n) is 7.66. The first kappa shape index (κ1) is 21.5. The number of amides is 1. The number of pyridine rings is 1. The summed E-state index contributed by atoms with van der Waals surface area (Å²) < 4.78 is 16.6. The third-order valence-corrected chi connectivity index (χ3v) is 4.92. The van der Waals surface area contributed by atoms with Gasteiger partial charge >= 0.3 is 0 Å². The monoisotopic (exact) mass is 411 g/mol. The lowest BCUT2D eigenvalue weighted by molar-refractivity contribution is -0.136. The van der Waals surface area contributed by atoms with Gasteiger partial charge in [0.15, 0.2) is 0 Å². The van der Waals surface area contributed by atoms with Gasteiger partial charge < -0.3 is 23.7 Å². The molecule has 0 fully saturated rings. The zero-order chi connectivity index (χ0) is 21.8. The van der Waals surface area contributed by atoms with Crippen molar-refractivity contribution in [2.24, 2.45) is 5.92 Å². The number of carbonyl (C=O) groups is 1. The highest BCUT2D eigenvalue weighted by atomic mass is 16.5. The second-order valence-corrected chi connectivity index (χ2v) is 7.66. The quantitative estimate of drug-likeness (QED) is 0.556. The molecular formula is C23H29N3O4. The Morgan fingerprint density at radius 3 is 2.37 bits per heavy atom. The van der Waals surface area contributed by atoms with Crippen LogP contribution in [0.1, 0.15) is 25.2 Å². The molecule has 1 aromatic carbocycles. The van der Waals surface area contributed by atoms with Crippen LogP contribution in [0, 0.1) is 5.92 Å². The van der Waals surface area contributed by atoms with Gasteiger partial charge in [-0.25, -0.2) is 4.98 Å². The highest BCUT2D eigenvalue weighted by Gasteiger charge is 2.22. The van der Waals surface area contributed by atoms with Crippen molar-refractivity contribution in [2.75, 3.05) is 33.2 Å². The summed E-state index contributed by atoms with van der Waals surface area (Å²) in [5, 5.41) is 0.840. The topological polar surface area (TPSA) is 68.0 Å². The van der Waals surface area contributed by atoms with Crippen LogP contribution in [-0.4, -0.2) is 44.1 Å². The predicted molar refractivity (Wildman–Crippen MR) is 117 cm³/mol. The van der Waals surface area contributed by atoms with E-state index in [9.17, 15) is 4.79 Å². The Hall–Kier alpha value is -3.22. The van der Waals surface area contributed by atoms with Crippen LogP contribution >= 0.6 is 0 Å². The molecule has 1 amide bonds. The van der Waals surface area contributed by atoms with Crippen molar-refractivity contribution in [3.05, 3.63) is 47.9 Å². The lowest BCUT2D eigenvalue weighted by Gasteiger charge is -2.26. The molecule has 0 bridgehead atoms. The number of methoxy groups -OCH3 is 2. The summed E-state index contributed by atoms with van der Waals surface area (Å²) >= 11 is 0. The van der Waals surface area contributed by atoms with Gasteiger partial charge in [-0.3, -0.25) is 4.79 Å². The molecule has 0 aliphatic rings. The molecule has 160 valence electrons. The molecule has 0 spiro atoms. The maximum absolute atomic E-state index is 12.9. The van der Waals surface area contributed by atoms with Crippen LogP contribution in [0.4, 0.5) is 5.82 Å². The Labute approximate surface area is 177 Å². The Morgan fingerprint density at radius 1 is 1.10 bits per heavy atom. The maximum Gasteiger partial charge on any atom is 0.225 e. The fourth-order valence-electron chi connectivity index (χ4n) is 3.46. The number of aromatic nitrogens is 1. The van der Waals surface area contributed by atoms with Crippen LogP contribution < -0.4 is 14.4 Å². The largest absolute Gasteiger partial charge is 0.496 e. The minimum Gasteiger partial charge on any atom is -0.496 e. The Bertz CT molecular complexity index is 1010. The zero-order valence-corrected chi connectivity index (χ0v) is 18.4. The van der Waals surface area contributed by atoms with Crippen molar-refractivity contribution in [3.63, 3.8) is 0 Å². The summed E-state index contributed by atoms with van der Waals surface area (Å²) in [6.45, 7) is 4.59. The molecule has 0 saturated heterocycles. The maximum atomic E-state index is 12.9. The molecule has 0 saturated carbocycles. The van der Waals surface area contributed by atoms with E-state index >= 15 is 0 Å². The van der Waals surface area contributed by atoms with Gasteiger partial charge in [0.05, 0.1) is 27.0 Å². The molecule has 0 aliphatic carbocycles. The summed E-state index contributed by atoms with van der Waals surface area (Å²) in [5.41, 5.74) is 1.64. The molecule has 2 aromatic heterocycles. The van der Waals surface area contributed by atoms with Gasteiger partial charge in [0, 0.05) is 37.5 Å². The SMILES string of the molecule is COc1ccc(OC)c2nc(N(C)C)c(CN(Cc3ccco3)C(=O)C(C)C)cc12. The van der Waals surface area contributed by atoms with Crippen molar-refractivity contribution < 1.29 is 18.7 Å². The van der Waals surface area contributed by atoms with Crippen molar-refractivity contribution in [2.45, 2.75) is 26.9 Å². The van der Waals surface area contributed by atoms with Gasteiger partial charge in [-0.15, -0.1) is 0 Å². The summed E-state index contributed by atoms with van der Waals surface area (Å²) in [7, 11) is 7.13. The number of anilines is 1. The van der Waals surface area contributed by atoms with E-state index in [1.807, 2.05) is 63.2 Å². The minimum atomic E-state index is -0.134. The molecule has 7 heteroatoms. The smallest absolute Gasteiger partial charge is 0.225 e. The molecule has 7 nitrogen and oxygen atoms in total. The van der Waals surface area contributed by atoms with Crippen LogP contribution in [-0.2, 0) is 17.9 Å². The van der Waals surface area contributed by atoms with Gasteiger partial charge in [0.1, 0.15) is 28.6 Å². The Morgan fingerprint density at radius 2 is 1.80 bits per heavy atom. The molecule has 0 N–H and O–H groups in total. The first-order chi connectivity index (χ1) is 14.3. The van der Waals surface area contributed by atoms with E-state index in [-0.39, 0.29) is 11.8 Å². The highest BCUT2D eigenvalue weighted by Crippen LogP contribution is 2.35. The summed E-state index contributed by atoms with van der Waals surface area (Å²) in [4.78, 5) is 21.6. The van der Waals surface area contributed by atoms with Crippen LogP contribution in [0.5, 0.6) is 11.5 Å². The average Bonchev–Trinajstić information content (AvgIpc) is 3.24. The van der Waals surface area contributed by atoms with Gasteiger partial charge in [-0.05, 0) is 30.3 Å². The van der Waals surface area contributed by atoms with Crippen molar-refractivity contribution >= 4 is 22.6 Å². The molecule has 0 atom stereocenters. The predicted octanol–water partition coefficient (Wildman–Crippen LogP) is 4.10. The normalized spacial score (nSPS) is 11.0. The van der Waals surface area contributed by atoms with Crippen LogP contribution in [0.25, 0.3) is 10.9 Å². The van der Waals surface area contributed by atoms with Crippen molar-refractivity contribution in [1.82, 2.24) is 9.88 Å². The van der Waals surface area contributed by atoms with Crippen molar-refractivity contribution in [1.29, 1.82) is 0 Å². The van der Waals surface area contributed by atoms with Gasteiger partial charge in [-0.1, -0.05) is 13.8 Å². The van der Waals surface area contributed by atoms with Crippen LogP contribution in [0.15, 0.2) is 41.0 Å². The number of benzene rings is 1. The van der Waals surface area contributed by atoms with E-state index in [0.717, 1.165) is 28.0 Å². The molecule has 3 rings (SSSR count). The number of hydrogen-bond acceptors (Lipinski definition) is 6. The molecule has 2 heterocycles. The summed E-state index contributed by atoms with van der Waals surface area (Å²) in [6.07, 6.45) is 1.62. The Kier molecular flexibility index (Phi) is 6.50. The van der Waals surface area contributed by atoms with E-state index < -0.39 is 0 Å². The molecule has 0 radical (unpaired) electrons. The molecule has 3 aromatic rings. The Balaban J connectivity index is 2.11. The van der Waals surface area contributed by atoms with Gasteiger partial charge in [0.25, 0.3) is 0 Å². The molecule has 30 heavy (non-hydrogen) atoms. The first-order valence-corrected chi connectivity index (χ1v) is 9.88. The minimum absolute atomic E-state index is 0.0498. The number of ether oxygens (including phenoxy) is 2. The van der Waals surface area contributed by atoms with Crippen molar-refractivity contribution in [3.8, 4) is 11.5 Å². The van der Waals surface area contributed by atoms with E-state index in [0.29, 0.717) is 24.6 Å². The van der Waals surface area contributed by atoms with E-state index in [1.165, 1.54) is 0 Å². The fraction of sp³-hybridized carbons (Fsp3) is 0.391. The fourth-order valence-corrected chi connectivity index (χ4v) is 3.46. The number of fused-ring (bicyclic) bond motifs is 1. The molecule has 0 unspecified atom stereocenters. The van der Waals surface area contributed by atoms with Crippen LogP contribution in [0.2, 0.25) is 0 Å². The number of hydrogen-bond donors (Lipinski definition) is 0. The van der Waals surface area contributed by atoms with Crippen LogP contribution in [0.3, 0.4) is 0 Å². The van der Waals surface area contributed by atoms with E-state index in [4.69, 9.17) is 18.9 Å². The molecular weight excluding hydrogens is 382 g/mol. The number of carbonyl (C=O) groups excluding carboxylic acids is 1. The average molecular weight is 412 g/mol. The number of nitrogens with zero attached hydrogens (tertiary/aromatic N) is 3. The number of furan rings is 1.